The fraction of sp³-hybridized carbons (Fsp3) is 0.294. The van der Waals surface area contributed by atoms with E-state index in [1.165, 1.54) is 11.1 Å². The summed E-state index contributed by atoms with van der Waals surface area (Å²) < 4.78 is 12.3. The van der Waals surface area contributed by atoms with Gasteiger partial charge in [-0.15, -0.1) is 0 Å². The van der Waals surface area contributed by atoms with Crippen LogP contribution in [0.5, 0.6) is 0 Å². The number of aryl methyl sites for hydroxylation is 2. The summed E-state index contributed by atoms with van der Waals surface area (Å²) in [5.41, 5.74) is 11.4. The molecule has 0 heterocycles. The van der Waals surface area contributed by atoms with Crippen LogP contribution < -0.4 is 5.73 Å². The Morgan fingerprint density at radius 2 is 1.80 bits per heavy atom. The predicted octanol–water partition coefficient (Wildman–Crippen LogP) is 3.21. The highest BCUT2D eigenvalue weighted by Crippen LogP contribution is 2.15. The zero-order valence-electron chi connectivity index (χ0n) is 12.1. The van der Waals surface area contributed by atoms with Crippen LogP contribution in [0.15, 0.2) is 42.5 Å². The van der Waals surface area contributed by atoms with E-state index in [-0.39, 0.29) is 0 Å². The summed E-state index contributed by atoms with van der Waals surface area (Å²) in [4.78, 5) is 0. The van der Waals surface area contributed by atoms with Gasteiger partial charge in [0.05, 0.1) is 0 Å². The fourth-order valence-corrected chi connectivity index (χ4v) is 3.58. The Morgan fingerprint density at radius 1 is 1.00 bits per heavy atom. The molecule has 0 aliphatic rings. The summed E-state index contributed by atoms with van der Waals surface area (Å²) in [7, 11) is -0.880. The summed E-state index contributed by atoms with van der Waals surface area (Å²) in [6.07, 6.45) is 0. The number of nitrogens with two attached hydrogens (primary N) is 1. The molecule has 0 radical (unpaired) electrons. The predicted molar refractivity (Wildman–Crippen MR) is 85.8 cm³/mol. The van der Waals surface area contributed by atoms with Gasteiger partial charge in [0.15, 0.2) is 0 Å². The molecule has 1 atom stereocenters. The van der Waals surface area contributed by atoms with E-state index in [4.69, 9.17) is 5.73 Å². The van der Waals surface area contributed by atoms with E-state index in [2.05, 4.69) is 32.0 Å². The van der Waals surface area contributed by atoms with Crippen LogP contribution in [0.25, 0.3) is 0 Å². The van der Waals surface area contributed by atoms with Crippen molar-refractivity contribution in [1.29, 1.82) is 0 Å². The van der Waals surface area contributed by atoms with Gasteiger partial charge in [-0.3, -0.25) is 4.21 Å². The Labute approximate surface area is 123 Å². The van der Waals surface area contributed by atoms with Gasteiger partial charge in [-0.05, 0) is 36.1 Å². The van der Waals surface area contributed by atoms with Crippen LogP contribution in [-0.4, -0.2) is 4.21 Å². The lowest BCUT2D eigenvalue weighted by Crippen LogP contribution is -2.03. The first-order valence-corrected chi connectivity index (χ1v) is 8.26. The summed E-state index contributed by atoms with van der Waals surface area (Å²) in [6, 6.07) is 14.4. The molecule has 0 spiro atoms. The van der Waals surface area contributed by atoms with Gasteiger partial charge in [0.25, 0.3) is 0 Å². The third-order valence-corrected chi connectivity index (χ3v) is 4.66. The largest absolute Gasteiger partial charge is 0.326 e. The van der Waals surface area contributed by atoms with E-state index in [0.29, 0.717) is 18.1 Å². The quantitative estimate of drug-likeness (QED) is 0.917. The molecule has 0 saturated heterocycles. The molecule has 0 amide bonds. The molecule has 0 fully saturated rings. The molecule has 20 heavy (non-hydrogen) atoms. The van der Waals surface area contributed by atoms with Crippen LogP contribution in [0.3, 0.4) is 0 Å². The topological polar surface area (TPSA) is 43.1 Å². The van der Waals surface area contributed by atoms with Crippen molar-refractivity contribution >= 4 is 10.8 Å². The van der Waals surface area contributed by atoms with Gasteiger partial charge in [-0.25, -0.2) is 0 Å². The van der Waals surface area contributed by atoms with E-state index in [9.17, 15) is 4.21 Å². The van der Waals surface area contributed by atoms with E-state index in [0.717, 1.165) is 16.7 Å². The van der Waals surface area contributed by atoms with Crippen molar-refractivity contribution in [2.24, 2.45) is 5.73 Å². The van der Waals surface area contributed by atoms with E-state index < -0.39 is 10.8 Å². The van der Waals surface area contributed by atoms with E-state index in [1.54, 1.807) is 0 Å². The molecule has 0 bridgehead atoms. The smallest absolute Gasteiger partial charge is 0.0491 e. The minimum Gasteiger partial charge on any atom is -0.326 e. The van der Waals surface area contributed by atoms with Gasteiger partial charge in [-0.2, -0.15) is 0 Å². The Balaban J connectivity index is 2.05. The third-order valence-electron chi connectivity index (χ3n) is 3.37. The first kappa shape index (κ1) is 14.9. The highest BCUT2D eigenvalue weighted by atomic mass is 32.2. The Hall–Kier alpha value is -1.45. The highest BCUT2D eigenvalue weighted by Gasteiger charge is 2.06. The van der Waals surface area contributed by atoms with Crippen molar-refractivity contribution in [2.45, 2.75) is 31.9 Å². The van der Waals surface area contributed by atoms with Gasteiger partial charge in [-0.1, -0.05) is 48.0 Å². The lowest BCUT2D eigenvalue weighted by molar-refractivity contribution is 0.682. The molecule has 0 aromatic heterocycles. The second kappa shape index (κ2) is 6.82. The molecule has 0 aliphatic heterocycles. The lowest BCUT2D eigenvalue weighted by atomic mass is 10.1. The van der Waals surface area contributed by atoms with Crippen LogP contribution >= 0.6 is 0 Å². The van der Waals surface area contributed by atoms with Crippen molar-refractivity contribution in [2.75, 3.05) is 0 Å². The summed E-state index contributed by atoms with van der Waals surface area (Å²) in [6.45, 7) is 4.66. The molecular formula is C17H21NOS. The summed E-state index contributed by atoms with van der Waals surface area (Å²) >= 11 is 0. The van der Waals surface area contributed by atoms with E-state index in [1.807, 2.05) is 24.3 Å². The molecule has 2 N–H and O–H groups in total. The van der Waals surface area contributed by atoms with Gasteiger partial charge in [0.1, 0.15) is 0 Å². The van der Waals surface area contributed by atoms with Crippen molar-refractivity contribution < 1.29 is 4.21 Å². The zero-order chi connectivity index (χ0) is 14.5. The van der Waals surface area contributed by atoms with Gasteiger partial charge >= 0.3 is 0 Å². The van der Waals surface area contributed by atoms with E-state index >= 15 is 0 Å². The molecule has 2 aromatic rings. The average molecular weight is 287 g/mol. The maximum Gasteiger partial charge on any atom is 0.0491 e. The number of rotatable bonds is 5. The zero-order valence-corrected chi connectivity index (χ0v) is 12.9. The molecule has 2 nitrogen and oxygen atoms in total. The number of benzene rings is 2. The Kier molecular flexibility index (Phi) is 5.10. The average Bonchev–Trinajstić information content (AvgIpc) is 2.41. The third kappa shape index (κ3) is 4.02. The second-order valence-electron chi connectivity index (χ2n) is 5.18. The molecule has 3 heteroatoms. The summed E-state index contributed by atoms with van der Waals surface area (Å²) in [5.74, 6) is 1.21. The molecule has 2 rings (SSSR count). The highest BCUT2D eigenvalue weighted by molar-refractivity contribution is 7.83. The molecular weight excluding hydrogens is 266 g/mol. The maximum atomic E-state index is 12.3. The van der Waals surface area contributed by atoms with Crippen LogP contribution in [0.2, 0.25) is 0 Å². The first-order chi connectivity index (χ1) is 9.58. The molecule has 1 unspecified atom stereocenters. The molecule has 2 aromatic carbocycles. The summed E-state index contributed by atoms with van der Waals surface area (Å²) in [5, 5.41) is 0. The SMILES string of the molecule is Cc1cccc(CS(=O)Cc2ccc(CN)cc2C)c1. The molecule has 106 valence electrons. The second-order valence-corrected chi connectivity index (χ2v) is 6.64. The number of hydrogen-bond acceptors (Lipinski definition) is 2. The van der Waals surface area contributed by atoms with Crippen LogP contribution in [0, 0.1) is 13.8 Å². The number of hydrogen-bond donors (Lipinski definition) is 1. The molecule has 0 saturated carbocycles. The van der Waals surface area contributed by atoms with Crippen molar-refractivity contribution in [3.63, 3.8) is 0 Å². The Bertz CT molecular complexity index is 622. The Morgan fingerprint density at radius 3 is 2.45 bits per heavy atom. The van der Waals surface area contributed by atoms with Gasteiger partial charge in [0, 0.05) is 28.9 Å². The van der Waals surface area contributed by atoms with Crippen LogP contribution in [-0.2, 0) is 28.9 Å². The van der Waals surface area contributed by atoms with Crippen molar-refractivity contribution in [3.05, 3.63) is 70.3 Å². The van der Waals surface area contributed by atoms with Crippen molar-refractivity contribution in [1.82, 2.24) is 0 Å². The first-order valence-electron chi connectivity index (χ1n) is 6.77. The van der Waals surface area contributed by atoms with Gasteiger partial charge < -0.3 is 5.73 Å². The minimum atomic E-state index is -0.880. The standard InChI is InChI=1S/C17H21NOS/c1-13-4-3-5-16(8-13)11-20(19)12-17-7-6-15(10-18)9-14(17)2/h3-9H,10-12,18H2,1-2H3. The van der Waals surface area contributed by atoms with Crippen LogP contribution in [0.4, 0.5) is 0 Å². The van der Waals surface area contributed by atoms with Crippen molar-refractivity contribution in [3.8, 4) is 0 Å². The van der Waals surface area contributed by atoms with Crippen LogP contribution in [0.1, 0.15) is 27.8 Å². The minimum absolute atomic E-state index is 0.549. The maximum absolute atomic E-state index is 12.3. The lowest BCUT2D eigenvalue weighted by Gasteiger charge is -2.08. The monoisotopic (exact) mass is 287 g/mol. The van der Waals surface area contributed by atoms with Gasteiger partial charge in [0.2, 0.25) is 0 Å². The fourth-order valence-electron chi connectivity index (χ4n) is 2.26. The molecule has 0 aliphatic carbocycles. The normalized spacial score (nSPS) is 12.3.